The number of carbonyl (C=O) groups excluding carboxylic acids is 1. The van der Waals surface area contributed by atoms with Crippen LogP contribution in [0.1, 0.15) is 50.2 Å². The predicted molar refractivity (Wildman–Crippen MR) is 157 cm³/mol. The molecule has 49 heavy (non-hydrogen) atoms. The van der Waals surface area contributed by atoms with Crippen LogP contribution in [0.25, 0.3) is 28.2 Å². The van der Waals surface area contributed by atoms with Gasteiger partial charge >= 0.3 is 19.3 Å². The zero-order valence-electron chi connectivity index (χ0n) is 25.2. The molecule has 0 aliphatic carbocycles. The number of ether oxygens (including phenoxy) is 1. The first-order chi connectivity index (χ1) is 23.3. The van der Waals surface area contributed by atoms with Gasteiger partial charge < -0.3 is 10.1 Å². The minimum absolute atomic E-state index is 0.0678. The Morgan fingerprint density at radius 1 is 1.02 bits per heavy atom. The summed E-state index contributed by atoms with van der Waals surface area (Å²) in [6.45, 7) is -4.59. The summed E-state index contributed by atoms with van der Waals surface area (Å²) in [5.41, 5.74) is -1.72. The van der Waals surface area contributed by atoms with Crippen LogP contribution < -0.4 is 15.6 Å². The van der Waals surface area contributed by atoms with Crippen molar-refractivity contribution in [3.63, 3.8) is 0 Å². The van der Waals surface area contributed by atoms with Crippen LogP contribution >= 0.6 is 0 Å². The topological polar surface area (TPSA) is 135 Å². The molecule has 1 N–H and O–H groups in total. The van der Waals surface area contributed by atoms with Crippen molar-refractivity contribution in [2.24, 2.45) is 5.92 Å². The molecule has 0 radical (unpaired) electrons. The molecule has 1 aliphatic rings. The molecule has 2 atom stereocenters. The van der Waals surface area contributed by atoms with Crippen LogP contribution in [0.5, 0.6) is 5.75 Å². The number of nitrogens with one attached hydrogen (secondary N) is 1. The van der Waals surface area contributed by atoms with Gasteiger partial charge in [-0.2, -0.15) is 35.8 Å². The van der Waals surface area contributed by atoms with E-state index < -0.39 is 48.5 Å². The van der Waals surface area contributed by atoms with Crippen LogP contribution in [0.4, 0.5) is 36.4 Å². The van der Waals surface area contributed by atoms with Crippen molar-refractivity contribution in [3.05, 3.63) is 83.1 Å². The second-order valence-corrected chi connectivity index (χ2v) is 11.1. The van der Waals surface area contributed by atoms with Gasteiger partial charge in [0.25, 0.3) is 5.56 Å². The van der Waals surface area contributed by atoms with Gasteiger partial charge in [-0.05, 0) is 43.2 Å². The summed E-state index contributed by atoms with van der Waals surface area (Å²) in [5.74, 6) is -1.31. The number of benzene rings is 1. The number of hydrogen-bond donors (Lipinski definition) is 1. The van der Waals surface area contributed by atoms with Crippen LogP contribution in [-0.2, 0) is 11.0 Å². The van der Waals surface area contributed by atoms with Crippen molar-refractivity contribution in [2.45, 2.75) is 51.6 Å². The molecule has 2 bridgehead atoms. The normalized spacial score (nSPS) is 17.0. The number of rotatable bonds is 6. The largest absolute Gasteiger partial charge is 0.436 e. The third-order valence-corrected chi connectivity index (χ3v) is 7.87. The Kier molecular flexibility index (Phi) is 8.91. The Bertz CT molecular complexity index is 2060. The number of hydrogen-bond acceptors (Lipinski definition) is 8. The fourth-order valence-electron chi connectivity index (χ4n) is 5.50. The monoisotopic (exact) mass is 691 g/mol. The van der Waals surface area contributed by atoms with Crippen LogP contribution in [0.3, 0.4) is 0 Å². The number of amides is 1. The Morgan fingerprint density at radius 2 is 1.82 bits per heavy atom. The van der Waals surface area contributed by atoms with E-state index in [9.17, 15) is 40.3 Å². The van der Waals surface area contributed by atoms with Gasteiger partial charge in [0.15, 0.2) is 5.69 Å². The quantitative estimate of drug-likeness (QED) is 0.211. The van der Waals surface area contributed by atoms with Crippen LogP contribution in [-0.4, -0.2) is 51.8 Å². The zero-order valence-corrected chi connectivity index (χ0v) is 25.2. The second-order valence-electron chi connectivity index (χ2n) is 11.1. The van der Waals surface area contributed by atoms with E-state index in [-0.39, 0.29) is 46.1 Å². The highest BCUT2D eigenvalue weighted by molar-refractivity contribution is 5.95. The minimum Gasteiger partial charge on any atom is -0.435 e. The molecular formula is C30H24F7N9O3. The molecule has 2 unspecified atom stereocenters. The van der Waals surface area contributed by atoms with E-state index >= 15 is 0 Å². The highest BCUT2D eigenvalue weighted by Gasteiger charge is 2.35. The lowest BCUT2D eigenvalue weighted by atomic mass is 9.97. The molecule has 1 aliphatic heterocycles. The first-order valence-corrected chi connectivity index (χ1v) is 14.6. The molecule has 0 saturated carbocycles. The Hall–Kier alpha value is -5.62. The van der Waals surface area contributed by atoms with Gasteiger partial charge in [0.2, 0.25) is 5.91 Å². The van der Waals surface area contributed by atoms with Crippen LogP contribution in [0.15, 0.2) is 66.1 Å². The number of anilines is 1. The summed E-state index contributed by atoms with van der Waals surface area (Å²) >= 11 is 0. The summed E-state index contributed by atoms with van der Waals surface area (Å²) in [7, 11) is 0. The summed E-state index contributed by atoms with van der Waals surface area (Å²) in [6.07, 6.45) is 0.453. The molecule has 5 aromatic rings. The number of carbonyl (C=O) groups is 1. The molecule has 0 saturated heterocycles. The molecule has 1 aromatic carbocycles. The molecule has 12 nitrogen and oxygen atoms in total. The fraction of sp³-hybridized carbons (Fsp3) is 0.300. The Labute approximate surface area is 271 Å². The molecule has 6 rings (SSSR count). The molecule has 256 valence electrons. The number of nitrogens with zero attached hydrogens (tertiary/aromatic N) is 8. The van der Waals surface area contributed by atoms with Crippen molar-refractivity contribution in [3.8, 4) is 34.0 Å². The third kappa shape index (κ3) is 6.86. The summed E-state index contributed by atoms with van der Waals surface area (Å²) in [6, 6.07) is 6.49. The van der Waals surface area contributed by atoms with Crippen molar-refractivity contribution in [2.75, 3.05) is 5.32 Å². The maximum Gasteiger partial charge on any atom is 0.436 e. The standard InChI is InChI=1S/C30H24F7N9O3/c1-15-3-2-4-23(20-9-16(7-8-38-20)26-21(41-27(15)48)12-40-46(26)28(31)32)44-14-39-19(11-25(44)47)18-10-17(49-29(33)34)5-6-22(18)45-13-24(42-43-45)30(35,36)37/h5-15,23,28-29H,2-4H2,1H3,(H,41,48). The second kappa shape index (κ2) is 13.1. The number of pyridine rings is 1. The first-order valence-electron chi connectivity index (χ1n) is 14.6. The Morgan fingerprint density at radius 3 is 2.51 bits per heavy atom. The number of aromatic nitrogens is 8. The maximum atomic E-state index is 13.9. The van der Waals surface area contributed by atoms with E-state index in [0.29, 0.717) is 29.4 Å². The highest BCUT2D eigenvalue weighted by Crippen LogP contribution is 2.36. The summed E-state index contributed by atoms with van der Waals surface area (Å²) in [5, 5.41) is 13.0. The average Bonchev–Trinajstić information content (AvgIpc) is 3.71. The fourth-order valence-corrected chi connectivity index (χ4v) is 5.50. The van der Waals surface area contributed by atoms with E-state index in [1.807, 2.05) is 0 Å². The van der Waals surface area contributed by atoms with Crippen molar-refractivity contribution >= 4 is 11.6 Å². The van der Waals surface area contributed by atoms with Gasteiger partial charge in [-0.25, -0.2) is 14.3 Å². The first kappa shape index (κ1) is 33.3. The molecule has 0 fully saturated rings. The van der Waals surface area contributed by atoms with E-state index in [4.69, 9.17) is 0 Å². The van der Waals surface area contributed by atoms with Gasteiger partial charge in [0, 0.05) is 29.3 Å². The molecule has 19 heteroatoms. The van der Waals surface area contributed by atoms with Gasteiger partial charge in [-0.1, -0.05) is 18.6 Å². The lowest BCUT2D eigenvalue weighted by Gasteiger charge is -2.22. The lowest BCUT2D eigenvalue weighted by Crippen LogP contribution is -2.27. The minimum atomic E-state index is -4.82. The molecular weight excluding hydrogens is 667 g/mol. The van der Waals surface area contributed by atoms with Gasteiger partial charge in [0.05, 0.1) is 53.2 Å². The summed E-state index contributed by atoms with van der Waals surface area (Å²) < 4.78 is 101. The third-order valence-electron chi connectivity index (χ3n) is 7.87. The molecule has 1 amide bonds. The Balaban J connectivity index is 1.45. The van der Waals surface area contributed by atoms with Crippen molar-refractivity contribution in [1.82, 2.24) is 39.3 Å². The van der Waals surface area contributed by atoms with E-state index in [0.717, 1.165) is 41.5 Å². The van der Waals surface area contributed by atoms with Crippen LogP contribution in [0, 0.1) is 5.92 Å². The van der Waals surface area contributed by atoms with E-state index in [2.05, 4.69) is 35.4 Å². The smallest absolute Gasteiger partial charge is 0.435 e. The molecule has 0 spiro atoms. The zero-order chi connectivity index (χ0) is 35.0. The van der Waals surface area contributed by atoms with Gasteiger partial charge in [-0.15, -0.1) is 5.10 Å². The van der Waals surface area contributed by atoms with E-state index in [1.165, 1.54) is 22.9 Å². The predicted octanol–water partition coefficient (Wildman–Crippen LogP) is 6.11. The SMILES string of the molecule is CC1CCCC(n2cnc(-c3cc(OC(F)F)ccc3-n3cc(C(F)(F)F)nn3)cc2=O)c2cc(ccn2)-c2c(cnn2C(F)F)NC1=O. The highest BCUT2D eigenvalue weighted by atomic mass is 19.4. The number of fused-ring (bicyclic) bond motifs is 4. The maximum absolute atomic E-state index is 13.9. The lowest BCUT2D eigenvalue weighted by molar-refractivity contribution is -0.141. The number of halogens is 7. The molecule has 4 aromatic heterocycles. The van der Waals surface area contributed by atoms with Crippen molar-refractivity contribution < 1.29 is 40.3 Å². The number of alkyl halides is 7. The van der Waals surface area contributed by atoms with Gasteiger partial charge in [0.1, 0.15) is 5.75 Å². The van der Waals surface area contributed by atoms with Crippen LogP contribution in [0.2, 0.25) is 0 Å². The summed E-state index contributed by atoms with van der Waals surface area (Å²) in [4.78, 5) is 35.4. The van der Waals surface area contributed by atoms with Crippen molar-refractivity contribution in [1.29, 1.82) is 0 Å². The molecule has 5 heterocycles. The van der Waals surface area contributed by atoms with Gasteiger partial charge in [-0.3, -0.25) is 19.1 Å². The average molecular weight is 692 g/mol. The van der Waals surface area contributed by atoms with E-state index in [1.54, 1.807) is 6.92 Å².